The molecule has 0 unspecified atom stereocenters. The Bertz CT molecular complexity index is 717. The molecule has 2 heterocycles. The van der Waals surface area contributed by atoms with Crippen molar-refractivity contribution in [3.63, 3.8) is 0 Å². The molecule has 0 radical (unpaired) electrons. The zero-order valence-electron chi connectivity index (χ0n) is 14.7. The van der Waals surface area contributed by atoms with Crippen molar-refractivity contribution in [3.8, 4) is 0 Å². The van der Waals surface area contributed by atoms with Crippen LogP contribution in [0.2, 0.25) is 0 Å². The summed E-state index contributed by atoms with van der Waals surface area (Å²) in [7, 11) is 0. The zero-order chi connectivity index (χ0) is 18.8. The summed E-state index contributed by atoms with van der Waals surface area (Å²) in [6.07, 6.45) is 5.56. The summed E-state index contributed by atoms with van der Waals surface area (Å²) in [4.78, 5) is 41.9. The van der Waals surface area contributed by atoms with Gasteiger partial charge in [-0.1, -0.05) is 6.92 Å². The molecule has 0 aromatic carbocycles. The van der Waals surface area contributed by atoms with E-state index in [-0.39, 0.29) is 29.3 Å². The number of aliphatic hydroxyl groups excluding tert-OH is 1. The van der Waals surface area contributed by atoms with Crippen molar-refractivity contribution in [2.75, 3.05) is 11.9 Å². The lowest BCUT2D eigenvalue weighted by Crippen LogP contribution is -2.55. The lowest BCUT2D eigenvalue weighted by atomic mass is 9.73. The molecular weight excluding hydrogens is 336 g/mol. The Kier molecular flexibility index (Phi) is 5.22. The molecule has 2 fully saturated rings. The van der Waals surface area contributed by atoms with Gasteiger partial charge in [-0.2, -0.15) is 0 Å². The zero-order valence-corrected chi connectivity index (χ0v) is 14.7. The van der Waals surface area contributed by atoms with Crippen molar-refractivity contribution in [1.29, 1.82) is 0 Å². The minimum Gasteiger partial charge on any atom is -0.393 e. The highest BCUT2D eigenvalue weighted by atomic mass is 16.3. The number of aliphatic hydroxyl groups is 1. The number of carbonyl (C=O) groups excluding carboxylic acids is 3. The van der Waals surface area contributed by atoms with Crippen molar-refractivity contribution in [1.82, 2.24) is 9.88 Å². The van der Waals surface area contributed by atoms with Gasteiger partial charge in [0, 0.05) is 18.8 Å². The molecule has 1 aromatic heterocycles. The SMILES string of the molecule is C[C@@H]1CC[C@@H](C2CC(O)C2)N(C(=O)C(=O)Nc2cncc(C(N)=O)c2)C1. The van der Waals surface area contributed by atoms with Crippen molar-refractivity contribution >= 4 is 23.4 Å². The fraction of sp³-hybridized carbons (Fsp3) is 0.556. The predicted molar refractivity (Wildman–Crippen MR) is 94.0 cm³/mol. The Balaban J connectivity index is 1.70. The second-order valence-corrected chi connectivity index (χ2v) is 7.37. The van der Waals surface area contributed by atoms with Crippen LogP contribution in [0.4, 0.5) is 5.69 Å². The number of nitrogens with one attached hydrogen (secondary N) is 1. The van der Waals surface area contributed by atoms with Crippen LogP contribution in [0.3, 0.4) is 0 Å². The summed E-state index contributed by atoms with van der Waals surface area (Å²) >= 11 is 0. The Morgan fingerprint density at radius 2 is 2.00 bits per heavy atom. The van der Waals surface area contributed by atoms with Gasteiger partial charge in [0.2, 0.25) is 5.91 Å². The van der Waals surface area contributed by atoms with Gasteiger partial charge in [0.1, 0.15) is 0 Å². The van der Waals surface area contributed by atoms with Gasteiger partial charge in [-0.3, -0.25) is 19.4 Å². The molecule has 4 N–H and O–H groups in total. The number of piperidine rings is 1. The summed E-state index contributed by atoms with van der Waals surface area (Å²) < 4.78 is 0. The van der Waals surface area contributed by atoms with Crippen LogP contribution in [-0.4, -0.2) is 51.4 Å². The van der Waals surface area contributed by atoms with E-state index in [4.69, 9.17) is 5.73 Å². The van der Waals surface area contributed by atoms with E-state index in [1.165, 1.54) is 18.5 Å². The number of anilines is 1. The van der Waals surface area contributed by atoms with Crippen LogP contribution in [0.15, 0.2) is 18.5 Å². The first-order chi connectivity index (χ1) is 12.3. The summed E-state index contributed by atoms with van der Waals surface area (Å²) in [5.41, 5.74) is 5.61. The fourth-order valence-corrected chi connectivity index (χ4v) is 3.80. The number of hydrogen-bond acceptors (Lipinski definition) is 5. The topological polar surface area (TPSA) is 126 Å². The van der Waals surface area contributed by atoms with Gasteiger partial charge in [-0.15, -0.1) is 0 Å². The smallest absolute Gasteiger partial charge is 0.313 e. The molecular formula is C18H24N4O4. The molecule has 1 aromatic rings. The van der Waals surface area contributed by atoms with Crippen LogP contribution in [0.25, 0.3) is 0 Å². The van der Waals surface area contributed by atoms with Gasteiger partial charge < -0.3 is 21.1 Å². The molecule has 1 saturated carbocycles. The maximum absolute atomic E-state index is 12.7. The normalized spacial score (nSPS) is 28.2. The van der Waals surface area contributed by atoms with E-state index in [1.807, 2.05) is 0 Å². The molecule has 2 atom stereocenters. The van der Waals surface area contributed by atoms with Crippen LogP contribution in [0, 0.1) is 11.8 Å². The number of rotatable bonds is 3. The minimum absolute atomic E-state index is 0.0112. The number of nitrogens with zero attached hydrogens (tertiary/aromatic N) is 2. The third-order valence-corrected chi connectivity index (χ3v) is 5.29. The van der Waals surface area contributed by atoms with Crippen molar-refractivity contribution in [2.45, 2.75) is 44.8 Å². The number of amides is 3. The molecule has 26 heavy (non-hydrogen) atoms. The van der Waals surface area contributed by atoms with E-state index in [2.05, 4.69) is 17.2 Å². The number of carbonyl (C=O) groups is 3. The van der Waals surface area contributed by atoms with Gasteiger partial charge >= 0.3 is 11.8 Å². The number of hydrogen-bond donors (Lipinski definition) is 3. The number of aromatic nitrogens is 1. The monoisotopic (exact) mass is 360 g/mol. The maximum Gasteiger partial charge on any atom is 0.313 e. The molecule has 1 saturated heterocycles. The van der Waals surface area contributed by atoms with Gasteiger partial charge in [-0.05, 0) is 43.6 Å². The van der Waals surface area contributed by atoms with Crippen molar-refractivity contribution in [3.05, 3.63) is 24.0 Å². The van der Waals surface area contributed by atoms with E-state index < -0.39 is 17.7 Å². The molecule has 1 aliphatic heterocycles. The third kappa shape index (κ3) is 3.85. The maximum atomic E-state index is 12.7. The first-order valence-electron chi connectivity index (χ1n) is 8.90. The van der Waals surface area contributed by atoms with Gasteiger partial charge in [0.25, 0.3) is 0 Å². The highest BCUT2D eigenvalue weighted by molar-refractivity contribution is 6.39. The Labute approximate surface area is 151 Å². The lowest BCUT2D eigenvalue weighted by molar-refractivity contribution is -0.149. The molecule has 3 rings (SSSR count). The quantitative estimate of drug-likeness (QED) is 0.678. The molecule has 3 amide bonds. The second-order valence-electron chi connectivity index (χ2n) is 7.37. The highest BCUT2D eigenvalue weighted by Crippen LogP contribution is 2.38. The molecule has 0 bridgehead atoms. The van der Waals surface area contributed by atoms with Crippen LogP contribution < -0.4 is 11.1 Å². The van der Waals surface area contributed by atoms with Crippen LogP contribution in [0.1, 0.15) is 43.0 Å². The van der Waals surface area contributed by atoms with E-state index in [0.717, 1.165) is 12.8 Å². The Morgan fingerprint density at radius 3 is 2.65 bits per heavy atom. The fourth-order valence-electron chi connectivity index (χ4n) is 3.80. The Morgan fingerprint density at radius 1 is 1.27 bits per heavy atom. The molecule has 1 aliphatic carbocycles. The summed E-state index contributed by atoms with van der Waals surface area (Å²) in [6, 6.07) is 1.38. The van der Waals surface area contributed by atoms with Crippen LogP contribution in [0.5, 0.6) is 0 Å². The van der Waals surface area contributed by atoms with Crippen LogP contribution >= 0.6 is 0 Å². The minimum atomic E-state index is -0.757. The van der Waals surface area contributed by atoms with E-state index >= 15 is 0 Å². The van der Waals surface area contributed by atoms with Crippen molar-refractivity contribution < 1.29 is 19.5 Å². The lowest BCUT2D eigenvalue weighted by Gasteiger charge is -2.47. The Hall–Kier alpha value is -2.48. The van der Waals surface area contributed by atoms with E-state index in [1.54, 1.807) is 4.90 Å². The number of nitrogens with two attached hydrogens (primary N) is 1. The molecule has 8 nitrogen and oxygen atoms in total. The number of likely N-dealkylation sites (tertiary alicyclic amines) is 1. The molecule has 8 heteroatoms. The first kappa shape index (κ1) is 18.3. The number of pyridine rings is 1. The molecule has 140 valence electrons. The number of primary amides is 1. The summed E-state index contributed by atoms with van der Waals surface area (Å²) in [5, 5.41) is 12.1. The summed E-state index contributed by atoms with van der Waals surface area (Å²) in [6.45, 7) is 2.59. The second kappa shape index (κ2) is 7.41. The predicted octanol–water partition coefficient (Wildman–Crippen LogP) is 0.517. The van der Waals surface area contributed by atoms with Gasteiger partial charge in [-0.25, -0.2) is 0 Å². The molecule has 2 aliphatic rings. The molecule has 0 spiro atoms. The highest BCUT2D eigenvalue weighted by Gasteiger charge is 2.42. The van der Waals surface area contributed by atoms with Gasteiger partial charge in [0.15, 0.2) is 0 Å². The standard InChI is InChI=1S/C18H24N4O4/c1-10-2-3-15(11-5-14(23)6-11)22(9-10)18(26)17(25)21-13-4-12(16(19)24)7-20-8-13/h4,7-8,10-11,14-15,23H,2-3,5-6,9H2,1H3,(H2,19,24)(H,21,25)/t10-,11?,14?,15+/m1/s1. The van der Waals surface area contributed by atoms with Gasteiger partial charge in [0.05, 0.1) is 23.6 Å². The largest absolute Gasteiger partial charge is 0.393 e. The van der Waals surface area contributed by atoms with Crippen LogP contribution in [-0.2, 0) is 9.59 Å². The average molecular weight is 360 g/mol. The van der Waals surface area contributed by atoms with E-state index in [9.17, 15) is 19.5 Å². The van der Waals surface area contributed by atoms with E-state index in [0.29, 0.717) is 25.3 Å². The average Bonchev–Trinajstić information content (AvgIpc) is 2.58. The first-order valence-corrected chi connectivity index (χ1v) is 8.90. The third-order valence-electron chi connectivity index (χ3n) is 5.29. The summed E-state index contributed by atoms with van der Waals surface area (Å²) in [5.74, 6) is -1.44. The van der Waals surface area contributed by atoms with Crippen molar-refractivity contribution in [2.24, 2.45) is 17.6 Å².